The van der Waals surface area contributed by atoms with Crippen LogP contribution in [0.2, 0.25) is 0 Å². The quantitative estimate of drug-likeness (QED) is 0.485. The van der Waals surface area contributed by atoms with Crippen LogP contribution in [0, 0.1) is 11.7 Å². The molecule has 0 radical (unpaired) electrons. The lowest BCUT2D eigenvalue weighted by atomic mass is 9.99. The average molecular weight is 486 g/mol. The first-order chi connectivity index (χ1) is 15.5. The summed E-state index contributed by atoms with van der Waals surface area (Å²) in [6, 6.07) is 4.80. The fourth-order valence-corrected chi connectivity index (χ4v) is 4.34. The van der Waals surface area contributed by atoms with E-state index in [0.29, 0.717) is 24.5 Å². The number of amides is 1. The van der Waals surface area contributed by atoms with E-state index in [4.69, 9.17) is 0 Å². The van der Waals surface area contributed by atoms with Gasteiger partial charge in [0.1, 0.15) is 5.82 Å². The molecule has 1 N–H and O–H groups in total. The molecule has 2 heterocycles. The minimum Gasteiger partial charge on any atom is -0.368 e. The van der Waals surface area contributed by atoms with Gasteiger partial charge in [-0.3, -0.25) is 4.79 Å². The highest BCUT2D eigenvalue weighted by Gasteiger charge is 2.38. The second-order valence-corrected chi connectivity index (χ2v) is 9.07. The van der Waals surface area contributed by atoms with Crippen LogP contribution in [0.4, 0.5) is 29.2 Å². The van der Waals surface area contributed by atoms with Gasteiger partial charge >= 0.3 is 6.18 Å². The number of thioether (sulfide) groups is 1. The van der Waals surface area contributed by atoms with Crippen LogP contribution in [-0.4, -0.2) is 47.8 Å². The van der Waals surface area contributed by atoms with Crippen LogP contribution in [0.3, 0.4) is 0 Å². The minimum atomic E-state index is -4.68. The Kier molecular flexibility index (Phi) is 7.71. The number of nitrogens with zero attached hydrogens (tertiary/aromatic N) is 4. The first-order valence-electron chi connectivity index (χ1n) is 10.5. The highest BCUT2D eigenvalue weighted by atomic mass is 32.2. The molecule has 1 aromatic carbocycles. The zero-order valence-electron chi connectivity index (χ0n) is 18.9. The maximum Gasteiger partial charge on any atom is 0.433 e. The molecule has 180 valence electrons. The third-order valence-corrected chi connectivity index (χ3v) is 6.35. The number of aromatic nitrogens is 2. The Labute approximate surface area is 194 Å². The number of alkyl halides is 3. The van der Waals surface area contributed by atoms with Crippen molar-refractivity contribution in [2.45, 2.75) is 44.4 Å². The zero-order valence-corrected chi connectivity index (χ0v) is 19.7. The highest BCUT2D eigenvalue weighted by molar-refractivity contribution is 7.98. The maximum absolute atomic E-state index is 13.9. The van der Waals surface area contributed by atoms with Crippen molar-refractivity contribution in [3.05, 3.63) is 41.5 Å². The molecular formula is C22H27F4N5OS. The van der Waals surface area contributed by atoms with Gasteiger partial charge in [-0.15, -0.1) is 11.8 Å². The van der Waals surface area contributed by atoms with E-state index in [0.717, 1.165) is 11.9 Å². The summed E-state index contributed by atoms with van der Waals surface area (Å²) in [6.45, 7) is 6.41. The molecule has 1 aromatic heterocycles. The number of benzene rings is 1. The first-order valence-corrected chi connectivity index (χ1v) is 11.8. The minimum absolute atomic E-state index is 0.0103. The Morgan fingerprint density at radius 3 is 2.64 bits per heavy atom. The van der Waals surface area contributed by atoms with E-state index in [1.807, 2.05) is 20.1 Å². The third kappa shape index (κ3) is 5.87. The average Bonchev–Trinajstić information content (AvgIpc) is 2.77. The van der Waals surface area contributed by atoms with E-state index < -0.39 is 17.8 Å². The molecule has 1 saturated heterocycles. The number of hydrogen-bond acceptors (Lipinski definition) is 6. The lowest BCUT2D eigenvalue weighted by molar-refractivity contribution is -0.142. The van der Waals surface area contributed by atoms with E-state index in [2.05, 4.69) is 20.2 Å². The van der Waals surface area contributed by atoms with E-state index in [9.17, 15) is 22.4 Å². The van der Waals surface area contributed by atoms with E-state index in [1.165, 1.54) is 24.8 Å². The molecule has 33 heavy (non-hydrogen) atoms. The summed E-state index contributed by atoms with van der Waals surface area (Å²) in [4.78, 5) is 23.7. The van der Waals surface area contributed by atoms with Crippen molar-refractivity contribution in [1.82, 2.24) is 15.3 Å². The lowest BCUT2D eigenvalue weighted by Gasteiger charge is -2.44. The maximum atomic E-state index is 13.9. The van der Waals surface area contributed by atoms with Crippen molar-refractivity contribution in [2.24, 2.45) is 5.92 Å². The Morgan fingerprint density at radius 2 is 2.03 bits per heavy atom. The zero-order chi connectivity index (χ0) is 24.3. The fourth-order valence-electron chi connectivity index (χ4n) is 3.84. The standard InChI is InChI=1S/C22H27F4N5OS/c1-13(2)18-12-30(16-5-6-17(23)19(9-16)33-4)7-8-31(18)21-28-11-15(10-27-14(3)32)20(29-21)22(24,25)26/h5-6,9,11,13,18H,7-8,10,12H2,1-4H3,(H,27,32). The molecule has 1 aliphatic heterocycles. The van der Waals surface area contributed by atoms with Gasteiger partial charge in [-0.25, -0.2) is 14.4 Å². The van der Waals surface area contributed by atoms with Crippen LogP contribution >= 0.6 is 11.8 Å². The molecular weight excluding hydrogens is 458 g/mol. The Bertz CT molecular complexity index is 1000. The summed E-state index contributed by atoms with van der Waals surface area (Å²) in [5, 5.41) is 2.37. The number of carbonyl (C=O) groups is 1. The molecule has 1 fully saturated rings. The number of rotatable bonds is 6. The lowest BCUT2D eigenvalue weighted by Crippen LogP contribution is -2.56. The van der Waals surface area contributed by atoms with Crippen LogP contribution in [0.15, 0.2) is 29.3 Å². The summed E-state index contributed by atoms with van der Waals surface area (Å²) in [5.74, 6) is -0.604. The summed E-state index contributed by atoms with van der Waals surface area (Å²) in [5.41, 5.74) is -0.361. The van der Waals surface area contributed by atoms with Crippen LogP contribution in [0.5, 0.6) is 0 Å². The van der Waals surface area contributed by atoms with E-state index >= 15 is 0 Å². The topological polar surface area (TPSA) is 61.4 Å². The summed E-state index contributed by atoms with van der Waals surface area (Å²) in [6.07, 6.45) is -1.74. The number of hydrogen-bond donors (Lipinski definition) is 1. The number of carbonyl (C=O) groups excluding carboxylic acids is 1. The van der Waals surface area contributed by atoms with Crippen molar-refractivity contribution < 1.29 is 22.4 Å². The number of piperazine rings is 1. The van der Waals surface area contributed by atoms with Gasteiger partial charge in [-0.2, -0.15) is 13.2 Å². The molecule has 1 amide bonds. The first kappa shape index (κ1) is 25.1. The van der Waals surface area contributed by atoms with Gasteiger partial charge < -0.3 is 15.1 Å². The monoisotopic (exact) mass is 485 g/mol. The molecule has 0 saturated carbocycles. The van der Waals surface area contributed by atoms with Crippen molar-refractivity contribution in [1.29, 1.82) is 0 Å². The molecule has 2 aromatic rings. The van der Waals surface area contributed by atoms with Crippen molar-refractivity contribution in [2.75, 3.05) is 35.7 Å². The second-order valence-electron chi connectivity index (χ2n) is 8.22. The largest absolute Gasteiger partial charge is 0.433 e. The predicted octanol–water partition coefficient (Wildman–Crippen LogP) is 4.34. The van der Waals surface area contributed by atoms with Crippen LogP contribution in [0.1, 0.15) is 32.0 Å². The summed E-state index contributed by atoms with van der Waals surface area (Å²) < 4.78 is 55.0. The summed E-state index contributed by atoms with van der Waals surface area (Å²) in [7, 11) is 0. The van der Waals surface area contributed by atoms with Crippen LogP contribution in [0.25, 0.3) is 0 Å². The molecule has 11 heteroatoms. The van der Waals surface area contributed by atoms with E-state index in [-0.39, 0.29) is 35.8 Å². The van der Waals surface area contributed by atoms with Gasteiger partial charge in [0.15, 0.2) is 5.69 Å². The highest BCUT2D eigenvalue weighted by Crippen LogP contribution is 2.33. The molecule has 3 rings (SSSR count). The fraction of sp³-hybridized carbons (Fsp3) is 0.500. The molecule has 6 nitrogen and oxygen atoms in total. The van der Waals surface area contributed by atoms with Crippen molar-refractivity contribution in [3.63, 3.8) is 0 Å². The van der Waals surface area contributed by atoms with Gasteiger partial charge in [0, 0.05) is 55.4 Å². The smallest absolute Gasteiger partial charge is 0.368 e. The molecule has 0 aliphatic carbocycles. The van der Waals surface area contributed by atoms with Crippen molar-refractivity contribution in [3.8, 4) is 0 Å². The van der Waals surface area contributed by atoms with Gasteiger partial charge in [0.05, 0.1) is 6.04 Å². The number of anilines is 2. The second kappa shape index (κ2) is 10.1. The molecule has 1 unspecified atom stereocenters. The Morgan fingerprint density at radius 1 is 1.30 bits per heavy atom. The van der Waals surface area contributed by atoms with Crippen molar-refractivity contribution >= 4 is 29.3 Å². The molecule has 1 atom stereocenters. The van der Waals surface area contributed by atoms with Crippen LogP contribution in [-0.2, 0) is 17.5 Å². The van der Waals surface area contributed by atoms with Crippen LogP contribution < -0.4 is 15.1 Å². The third-order valence-electron chi connectivity index (χ3n) is 5.59. The SMILES string of the molecule is CSc1cc(N2CCN(c3ncc(CNC(C)=O)c(C(F)(F)F)n3)C(C(C)C)C2)ccc1F. The van der Waals surface area contributed by atoms with Gasteiger partial charge in [0.2, 0.25) is 11.9 Å². The number of nitrogens with one attached hydrogen (secondary N) is 1. The molecule has 1 aliphatic rings. The molecule has 0 spiro atoms. The predicted molar refractivity (Wildman–Crippen MR) is 121 cm³/mol. The van der Waals surface area contributed by atoms with E-state index in [1.54, 1.807) is 17.0 Å². The Hall–Kier alpha value is -2.56. The van der Waals surface area contributed by atoms with Gasteiger partial charge in [0.25, 0.3) is 0 Å². The summed E-state index contributed by atoms with van der Waals surface area (Å²) >= 11 is 1.32. The normalized spacial score (nSPS) is 16.9. The number of halogens is 4. The van der Waals surface area contributed by atoms with Gasteiger partial charge in [-0.1, -0.05) is 13.8 Å². The Balaban J connectivity index is 1.89. The van der Waals surface area contributed by atoms with Gasteiger partial charge in [-0.05, 0) is 30.4 Å². The molecule has 0 bridgehead atoms.